The molecule has 0 amide bonds. The number of H-pyrrole nitrogens is 1. The molecule has 6 heteroatoms. The number of nitrogens with two attached hydrogens (primary N) is 1. The Labute approximate surface area is 66.4 Å². The van der Waals surface area contributed by atoms with Crippen molar-refractivity contribution in [3.8, 4) is 0 Å². The topological polar surface area (TPSA) is 97.8 Å². The largest absolute Gasteiger partial charge is 0.421 e. The molecule has 2 aromatic heterocycles. The molecule has 0 saturated heterocycles. The van der Waals surface area contributed by atoms with Crippen molar-refractivity contribution < 1.29 is 4.42 Å². The van der Waals surface area contributed by atoms with E-state index in [1.54, 1.807) is 0 Å². The molecule has 2 rings (SSSR count). The van der Waals surface area contributed by atoms with Crippen LogP contribution in [0.2, 0.25) is 0 Å². The number of rotatable bonds is 1. The Morgan fingerprint density at radius 3 is 3.17 bits per heavy atom. The Kier molecular flexibility index (Phi) is 1.41. The molecular weight excluding hydrogens is 160 g/mol. The second kappa shape index (κ2) is 2.42. The molecule has 12 heavy (non-hydrogen) atoms. The average Bonchev–Trinajstić information content (AvgIpc) is 2.49. The summed E-state index contributed by atoms with van der Waals surface area (Å²) < 4.78 is 5.03. The molecule has 62 valence electrons. The van der Waals surface area contributed by atoms with Crippen LogP contribution in [0.15, 0.2) is 15.5 Å². The fourth-order valence-corrected chi connectivity index (χ4v) is 0.896. The minimum absolute atomic E-state index is 0.163. The standard InChI is InChI=1S/C6H6N4O2/c7-1-3-10-4-5(11)8-2-9-6(4)12-3/h2H,1,7H2,(H,8,9,11). The molecule has 6 nitrogen and oxygen atoms in total. The molecule has 0 saturated carbocycles. The van der Waals surface area contributed by atoms with Gasteiger partial charge in [0, 0.05) is 0 Å². The van der Waals surface area contributed by atoms with E-state index < -0.39 is 0 Å². The molecule has 0 atom stereocenters. The number of nitrogens with one attached hydrogen (secondary N) is 1. The van der Waals surface area contributed by atoms with Gasteiger partial charge in [-0.3, -0.25) is 4.79 Å². The lowest BCUT2D eigenvalue weighted by molar-refractivity contribution is 0.524. The summed E-state index contributed by atoms with van der Waals surface area (Å²) >= 11 is 0. The van der Waals surface area contributed by atoms with Crippen molar-refractivity contribution in [1.29, 1.82) is 0 Å². The lowest BCUT2D eigenvalue weighted by atomic mass is 10.6. The summed E-state index contributed by atoms with van der Waals surface area (Å²) in [5.41, 5.74) is 5.37. The van der Waals surface area contributed by atoms with E-state index in [0.717, 1.165) is 0 Å². The molecule has 2 aromatic rings. The molecule has 0 aliphatic rings. The number of hydrogen-bond donors (Lipinski definition) is 2. The lowest BCUT2D eigenvalue weighted by Gasteiger charge is -1.80. The third-order valence-electron chi connectivity index (χ3n) is 1.42. The first kappa shape index (κ1) is 6.99. The van der Waals surface area contributed by atoms with E-state index in [2.05, 4.69) is 15.0 Å². The summed E-state index contributed by atoms with van der Waals surface area (Å²) in [5.74, 6) is 0.314. The fraction of sp³-hybridized carbons (Fsp3) is 0.167. The summed E-state index contributed by atoms with van der Waals surface area (Å²) in [5, 5.41) is 0. The van der Waals surface area contributed by atoms with Gasteiger partial charge in [-0.1, -0.05) is 0 Å². The summed E-state index contributed by atoms with van der Waals surface area (Å²) in [7, 11) is 0. The van der Waals surface area contributed by atoms with E-state index in [1.807, 2.05) is 0 Å². The first-order chi connectivity index (χ1) is 5.81. The molecule has 0 aliphatic carbocycles. The number of aromatic amines is 1. The van der Waals surface area contributed by atoms with Crippen LogP contribution in [0.5, 0.6) is 0 Å². The van der Waals surface area contributed by atoms with Gasteiger partial charge in [0.1, 0.15) is 0 Å². The SMILES string of the molecule is NCc1nc2c(=O)[nH]cnc2o1. The van der Waals surface area contributed by atoms with Crippen LogP contribution in [0.25, 0.3) is 11.2 Å². The highest BCUT2D eigenvalue weighted by atomic mass is 16.4. The van der Waals surface area contributed by atoms with E-state index in [-0.39, 0.29) is 23.3 Å². The zero-order chi connectivity index (χ0) is 8.55. The Bertz CT molecular complexity index is 458. The summed E-state index contributed by atoms with van der Waals surface area (Å²) in [6.07, 6.45) is 1.26. The van der Waals surface area contributed by atoms with Crippen LogP contribution >= 0.6 is 0 Å². The minimum Gasteiger partial charge on any atom is -0.421 e. The van der Waals surface area contributed by atoms with Crippen molar-refractivity contribution in [3.05, 3.63) is 22.6 Å². The Balaban J connectivity index is 2.83. The molecule has 0 aromatic carbocycles. The second-order valence-corrected chi connectivity index (χ2v) is 2.20. The molecule has 0 spiro atoms. The van der Waals surface area contributed by atoms with Crippen molar-refractivity contribution in [1.82, 2.24) is 15.0 Å². The van der Waals surface area contributed by atoms with Crippen LogP contribution in [0, 0.1) is 0 Å². The summed E-state index contributed by atoms with van der Waals surface area (Å²) in [6, 6.07) is 0. The smallest absolute Gasteiger partial charge is 0.280 e. The monoisotopic (exact) mass is 166 g/mol. The summed E-state index contributed by atoms with van der Waals surface area (Å²) in [4.78, 5) is 21.0. The van der Waals surface area contributed by atoms with Crippen LogP contribution in [0.4, 0.5) is 0 Å². The highest BCUT2D eigenvalue weighted by Crippen LogP contribution is 2.06. The van der Waals surface area contributed by atoms with Crippen molar-refractivity contribution in [2.45, 2.75) is 6.54 Å². The molecular formula is C6H6N4O2. The van der Waals surface area contributed by atoms with Gasteiger partial charge in [0.15, 0.2) is 5.52 Å². The number of aromatic nitrogens is 3. The maximum absolute atomic E-state index is 11.0. The predicted octanol–water partition coefficient (Wildman–Crippen LogP) is -0.630. The van der Waals surface area contributed by atoms with E-state index in [9.17, 15) is 4.79 Å². The molecule has 2 heterocycles. The average molecular weight is 166 g/mol. The fourth-order valence-electron chi connectivity index (χ4n) is 0.896. The first-order valence-electron chi connectivity index (χ1n) is 3.34. The maximum atomic E-state index is 11.0. The third kappa shape index (κ3) is 0.892. The molecule has 0 bridgehead atoms. The van der Waals surface area contributed by atoms with Crippen LogP contribution < -0.4 is 11.3 Å². The van der Waals surface area contributed by atoms with Crippen molar-refractivity contribution in [3.63, 3.8) is 0 Å². The van der Waals surface area contributed by atoms with E-state index >= 15 is 0 Å². The second-order valence-electron chi connectivity index (χ2n) is 2.20. The van der Waals surface area contributed by atoms with Gasteiger partial charge in [-0.25, -0.2) is 9.97 Å². The highest BCUT2D eigenvalue weighted by molar-refractivity contribution is 5.65. The molecule has 0 radical (unpaired) electrons. The Hall–Kier alpha value is -1.69. The van der Waals surface area contributed by atoms with Crippen LogP contribution in [0.3, 0.4) is 0 Å². The number of oxazole rings is 1. The van der Waals surface area contributed by atoms with Gasteiger partial charge in [0.2, 0.25) is 5.89 Å². The quantitative estimate of drug-likeness (QED) is 0.587. The van der Waals surface area contributed by atoms with E-state index in [0.29, 0.717) is 5.89 Å². The lowest BCUT2D eigenvalue weighted by Crippen LogP contribution is -2.05. The Morgan fingerprint density at radius 2 is 2.50 bits per heavy atom. The van der Waals surface area contributed by atoms with E-state index in [4.69, 9.17) is 10.2 Å². The van der Waals surface area contributed by atoms with Crippen LogP contribution in [-0.4, -0.2) is 15.0 Å². The van der Waals surface area contributed by atoms with Crippen LogP contribution in [-0.2, 0) is 6.54 Å². The summed E-state index contributed by atoms with van der Waals surface area (Å²) in [6.45, 7) is 0.163. The van der Waals surface area contributed by atoms with Gasteiger partial charge in [-0.2, -0.15) is 0 Å². The van der Waals surface area contributed by atoms with Crippen molar-refractivity contribution >= 4 is 11.2 Å². The molecule has 0 unspecified atom stereocenters. The minimum atomic E-state index is -0.316. The van der Waals surface area contributed by atoms with Crippen molar-refractivity contribution in [2.75, 3.05) is 0 Å². The molecule has 0 aliphatic heterocycles. The first-order valence-corrected chi connectivity index (χ1v) is 3.34. The zero-order valence-corrected chi connectivity index (χ0v) is 6.07. The molecule has 0 fully saturated rings. The predicted molar refractivity (Wildman–Crippen MR) is 40.3 cm³/mol. The maximum Gasteiger partial charge on any atom is 0.280 e. The van der Waals surface area contributed by atoms with Crippen molar-refractivity contribution in [2.24, 2.45) is 5.73 Å². The zero-order valence-electron chi connectivity index (χ0n) is 6.07. The third-order valence-corrected chi connectivity index (χ3v) is 1.42. The van der Waals surface area contributed by atoms with Gasteiger partial charge in [-0.05, 0) is 0 Å². The van der Waals surface area contributed by atoms with Gasteiger partial charge in [0.05, 0.1) is 12.9 Å². The number of hydrogen-bond acceptors (Lipinski definition) is 5. The van der Waals surface area contributed by atoms with E-state index in [1.165, 1.54) is 6.33 Å². The van der Waals surface area contributed by atoms with Crippen LogP contribution in [0.1, 0.15) is 5.89 Å². The molecule has 3 N–H and O–H groups in total. The highest BCUT2D eigenvalue weighted by Gasteiger charge is 2.07. The number of nitrogens with zero attached hydrogens (tertiary/aromatic N) is 2. The van der Waals surface area contributed by atoms with Gasteiger partial charge < -0.3 is 15.1 Å². The number of fused-ring (bicyclic) bond motifs is 1. The normalized spacial score (nSPS) is 10.8. The Morgan fingerprint density at radius 1 is 1.67 bits per heavy atom. The van der Waals surface area contributed by atoms with Gasteiger partial charge in [0.25, 0.3) is 11.3 Å². The van der Waals surface area contributed by atoms with Gasteiger partial charge >= 0.3 is 0 Å². The van der Waals surface area contributed by atoms with Gasteiger partial charge in [-0.15, -0.1) is 0 Å².